The van der Waals surface area contributed by atoms with E-state index in [4.69, 9.17) is 0 Å². The summed E-state index contributed by atoms with van der Waals surface area (Å²) in [5.41, 5.74) is 0. The molecule has 1 N–H and O–H groups in total. The molecule has 2 heterocycles. The number of rotatable bonds is 6. The third-order valence-electron chi connectivity index (χ3n) is 4.25. The zero-order valence-electron chi connectivity index (χ0n) is 12.8. The lowest BCUT2D eigenvalue weighted by Crippen LogP contribution is -2.46. The van der Waals surface area contributed by atoms with Gasteiger partial charge in [-0.05, 0) is 25.0 Å². The van der Waals surface area contributed by atoms with Gasteiger partial charge < -0.3 is 5.32 Å². The largest absolute Gasteiger partial charge is 0.310 e. The van der Waals surface area contributed by atoms with Crippen molar-refractivity contribution < 1.29 is 0 Å². The third-order valence-corrected chi connectivity index (χ3v) is 5.32. The highest BCUT2D eigenvalue weighted by molar-refractivity contribution is 7.11. The van der Waals surface area contributed by atoms with E-state index < -0.39 is 0 Å². The van der Waals surface area contributed by atoms with E-state index in [1.807, 2.05) is 11.3 Å². The summed E-state index contributed by atoms with van der Waals surface area (Å²) in [6.45, 7) is 11.6. The second-order valence-electron chi connectivity index (χ2n) is 6.45. The van der Waals surface area contributed by atoms with Gasteiger partial charge in [-0.2, -0.15) is 0 Å². The van der Waals surface area contributed by atoms with Gasteiger partial charge in [-0.15, -0.1) is 11.3 Å². The van der Waals surface area contributed by atoms with Crippen LogP contribution in [0, 0.1) is 0 Å². The minimum Gasteiger partial charge on any atom is -0.310 e. The normalized spacial score (nSPS) is 21.8. The first-order valence-electron chi connectivity index (χ1n) is 7.98. The van der Waals surface area contributed by atoms with Crippen molar-refractivity contribution in [2.24, 2.45) is 0 Å². The highest BCUT2D eigenvalue weighted by Gasteiger charge is 2.31. The van der Waals surface area contributed by atoms with Crippen LogP contribution in [0.5, 0.6) is 0 Å². The average Bonchev–Trinajstić information content (AvgIpc) is 3.19. The second-order valence-corrected chi connectivity index (χ2v) is 7.70. The maximum absolute atomic E-state index is 3.49. The van der Waals surface area contributed by atoms with E-state index in [0.29, 0.717) is 6.04 Å². The lowest BCUT2D eigenvalue weighted by Gasteiger charge is -2.34. The van der Waals surface area contributed by atoms with Crippen molar-refractivity contribution in [3.63, 3.8) is 0 Å². The van der Waals surface area contributed by atoms with E-state index in [2.05, 4.69) is 41.1 Å². The molecule has 3 nitrogen and oxygen atoms in total. The summed E-state index contributed by atoms with van der Waals surface area (Å²) < 4.78 is 0. The Balaban J connectivity index is 1.43. The van der Waals surface area contributed by atoms with E-state index >= 15 is 0 Å². The summed E-state index contributed by atoms with van der Waals surface area (Å²) in [6, 6.07) is 6.11. The molecule has 2 fully saturated rings. The van der Waals surface area contributed by atoms with Crippen molar-refractivity contribution in [1.82, 2.24) is 15.1 Å². The Morgan fingerprint density at radius 1 is 1.15 bits per heavy atom. The molecule has 0 bridgehead atoms. The molecule has 0 spiro atoms. The molecule has 1 aliphatic heterocycles. The fraction of sp³-hybridized carbons (Fsp3) is 0.750. The van der Waals surface area contributed by atoms with Crippen LogP contribution in [0.4, 0.5) is 0 Å². The van der Waals surface area contributed by atoms with Crippen LogP contribution < -0.4 is 5.32 Å². The van der Waals surface area contributed by atoms with Gasteiger partial charge in [0.1, 0.15) is 0 Å². The van der Waals surface area contributed by atoms with Gasteiger partial charge in [0.2, 0.25) is 0 Å². The molecule has 0 amide bonds. The fourth-order valence-corrected chi connectivity index (χ4v) is 3.87. The van der Waals surface area contributed by atoms with Crippen molar-refractivity contribution >= 4 is 11.3 Å². The Bertz CT molecular complexity index is 417. The van der Waals surface area contributed by atoms with Crippen LogP contribution in [0.3, 0.4) is 0 Å². The number of thiophene rings is 1. The predicted molar refractivity (Wildman–Crippen MR) is 86.2 cm³/mol. The first-order valence-corrected chi connectivity index (χ1v) is 8.80. The maximum Gasteiger partial charge on any atom is 0.0329 e. The monoisotopic (exact) mass is 293 g/mol. The molecule has 1 aromatic rings. The summed E-state index contributed by atoms with van der Waals surface area (Å²) in [6.07, 6.45) is 2.88. The maximum atomic E-state index is 3.49. The van der Waals surface area contributed by atoms with Crippen LogP contribution in [-0.2, 0) is 13.1 Å². The molecular formula is C16H27N3S. The van der Waals surface area contributed by atoms with E-state index in [1.54, 1.807) is 0 Å². The second kappa shape index (κ2) is 6.56. The molecule has 1 saturated carbocycles. The Kier molecular flexibility index (Phi) is 4.76. The number of hydrogen-bond donors (Lipinski definition) is 1. The van der Waals surface area contributed by atoms with Crippen molar-refractivity contribution in [2.75, 3.05) is 26.2 Å². The summed E-state index contributed by atoms with van der Waals surface area (Å²) in [5.74, 6) is 0. The van der Waals surface area contributed by atoms with Crippen LogP contribution in [0.1, 0.15) is 36.4 Å². The van der Waals surface area contributed by atoms with Crippen molar-refractivity contribution in [2.45, 2.75) is 51.9 Å². The third kappa shape index (κ3) is 4.04. The van der Waals surface area contributed by atoms with Gasteiger partial charge in [-0.3, -0.25) is 9.80 Å². The van der Waals surface area contributed by atoms with Crippen molar-refractivity contribution in [3.8, 4) is 0 Å². The highest BCUT2D eigenvalue weighted by atomic mass is 32.1. The molecule has 2 aliphatic rings. The molecule has 0 unspecified atom stereocenters. The van der Waals surface area contributed by atoms with Gasteiger partial charge in [0.05, 0.1) is 0 Å². The number of piperazine rings is 1. The minimum atomic E-state index is 0.566. The van der Waals surface area contributed by atoms with Crippen molar-refractivity contribution in [1.29, 1.82) is 0 Å². The highest BCUT2D eigenvalue weighted by Crippen LogP contribution is 2.28. The Morgan fingerprint density at radius 3 is 2.50 bits per heavy atom. The standard InChI is InChI=1S/C16H27N3S/c1-13(2)17-11-15-5-6-16(20-15)12-18-7-9-19(10-8-18)14-3-4-14/h5-6,13-14,17H,3-4,7-12H2,1-2H3. The molecular weight excluding hydrogens is 266 g/mol. The number of nitrogens with zero attached hydrogens (tertiary/aromatic N) is 2. The smallest absolute Gasteiger partial charge is 0.0329 e. The summed E-state index contributed by atoms with van der Waals surface area (Å²) in [7, 11) is 0. The van der Waals surface area contributed by atoms with Crippen LogP contribution in [0.2, 0.25) is 0 Å². The van der Waals surface area contributed by atoms with Crippen molar-refractivity contribution in [3.05, 3.63) is 21.9 Å². The van der Waals surface area contributed by atoms with Crippen LogP contribution >= 0.6 is 11.3 Å². The Labute approximate surface area is 127 Å². The van der Waals surface area contributed by atoms with Gasteiger partial charge in [0.25, 0.3) is 0 Å². The van der Waals surface area contributed by atoms with Gasteiger partial charge in [-0.1, -0.05) is 13.8 Å². The molecule has 0 aromatic carbocycles. The van der Waals surface area contributed by atoms with E-state index in [1.165, 1.54) is 48.8 Å². The molecule has 0 atom stereocenters. The van der Waals surface area contributed by atoms with Crippen LogP contribution in [-0.4, -0.2) is 48.1 Å². The average molecular weight is 293 g/mol. The lowest BCUT2D eigenvalue weighted by atomic mass is 10.3. The molecule has 1 saturated heterocycles. The molecule has 4 heteroatoms. The minimum absolute atomic E-state index is 0.566. The van der Waals surface area contributed by atoms with Gasteiger partial charge in [0, 0.05) is 61.1 Å². The molecule has 1 aliphatic carbocycles. The predicted octanol–water partition coefficient (Wildman–Crippen LogP) is 2.53. The molecule has 112 valence electrons. The summed E-state index contributed by atoms with van der Waals surface area (Å²) in [4.78, 5) is 8.28. The molecule has 1 aromatic heterocycles. The van der Waals surface area contributed by atoms with Crippen LogP contribution in [0.15, 0.2) is 12.1 Å². The Hall–Kier alpha value is -0.420. The quantitative estimate of drug-likeness (QED) is 0.869. The Morgan fingerprint density at radius 2 is 1.85 bits per heavy atom. The zero-order chi connectivity index (χ0) is 13.9. The SMILES string of the molecule is CC(C)NCc1ccc(CN2CCN(C3CC3)CC2)s1. The van der Waals surface area contributed by atoms with Gasteiger partial charge in [-0.25, -0.2) is 0 Å². The number of hydrogen-bond acceptors (Lipinski definition) is 4. The first kappa shape index (κ1) is 14.5. The van der Waals surface area contributed by atoms with E-state index in [0.717, 1.165) is 19.1 Å². The lowest BCUT2D eigenvalue weighted by molar-refractivity contribution is 0.122. The summed E-state index contributed by atoms with van der Waals surface area (Å²) in [5, 5.41) is 3.49. The fourth-order valence-electron chi connectivity index (χ4n) is 2.85. The van der Waals surface area contributed by atoms with E-state index in [9.17, 15) is 0 Å². The van der Waals surface area contributed by atoms with Crippen LogP contribution in [0.25, 0.3) is 0 Å². The molecule has 0 radical (unpaired) electrons. The summed E-state index contributed by atoms with van der Waals surface area (Å²) >= 11 is 1.97. The van der Waals surface area contributed by atoms with Gasteiger partial charge >= 0.3 is 0 Å². The van der Waals surface area contributed by atoms with E-state index in [-0.39, 0.29) is 0 Å². The molecule has 3 rings (SSSR count). The molecule has 20 heavy (non-hydrogen) atoms. The first-order chi connectivity index (χ1) is 9.70. The zero-order valence-corrected chi connectivity index (χ0v) is 13.6. The topological polar surface area (TPSA) is 18.5 Å². The van der Waals surface area contributed by atoms with Gasteiger partial charge in [0.15, 0.2) is 0 Å². The number of nitrogens with one attached hydrogen (secondary N) is 1.